The van der Waals surface area contributed by atoms with Crippen molar-refractivity contribution in [3.63, 3.8) is 0 Å². The van der Waals surface area contributed by atoms with E-state index in [1.165, 1.54) is 0 Å². The van der Waals surface area contributed by atoms with Crippen molar-refractivity contribution < 1.29 is 71.3 Å². The van der Waals surface area contributed by atoms with Crippen molar-refractivity contribution in [1.82, 2.24) is 4.90 Å². The van der Waals surface area contributed by atoms with Crippen molar-refractivity contribution in [2.45, 2.75) is 24.5 Å². The fraction of sp³-hybridized carbons (Fsp3) is 0.500. The molecule has 1 heterocycles. The van der Waals surface area contributed by atoms with Crippen LogP contribution in [0, 0.1) is 12.7 Å². The number of hydrogen-bond donors (Lipinski definition) is 5. The van der Waals surface area contributed by atoms with Crippen LogP contribution in [0.5, 0.6) is 0 Å². The summed E-state index contributed by atoms with van der Waals surface area (Å²) >= 11 is 0. The van der Waals surface area contributed by atoms with Gasteiger partial charge in [0.2, 0.25) is 0 Å². The fourth-order valence-electron chi connectivity index (χ4n) is 1.62. The molecule has 4 atom stereocenters. The van der Waals surface area contributed by atoms with E-state index >= 15 is 0 Å². The topological polar surface area (TPSA) is 163 Å². The number of amides is 1. The van der Waals surface area contributed by atoms with Gasteiger partial charge in [0.25, 0.3) is 0 Å². The molecule has 1 saturated heterocycles. The van der Waals surface area contributed by atoms with Gasteiger partial charge in [-0.3, -0.25) is 4.52 Å². The second kappa shape index (κ2) is 9.22. The van der Waals surface area contributed by atoms with Crippen LogP contribution in [0.15, 0.2) is 12.4 Å². The number of nitrogens with zero attached hydrogens (tertiary/aromatic N) is 1. The minimum Gasteiger partial charge on any atom is -0.496 e. The maximum absolute atomic E-state index is 10.6. The van der Waals surface area contributed by atoms with Gasteiger partial charge in [0.15, 0.2) is 6.23 Å². The minimum atomic E-state index is -4.74. The van der Waals surface area contributed by atoms with E-state index < -0.39 is 44.9 Å². The van der Waals surface area contributed by atoms with Crippen LogP contribution < -0.4 is 5.73 Å². The van der Waals surface area contributed by atoms with Gasteiger partial charge in [-0.1, -0.05) is 0 Å². The van der Waals surface area contributed by atoms with Crippen molar-refractivity contribution in [3.05, 3.63) is 25.1 Å². The molecule has 0 bridgehead atoms. The van der Waals surface area contributed by atoms with E-state index in [9.17, 15) is 19.6 Å². The number of hydrogen-bond acceptors (Lipinski definition) is 7. The van der Waals surface area contributed by atoms with E-state index in [1.807, 2.05) is 0 Å². The quantitative estimate of drug-likeness (QED) is 0.175. The number of aliphatic hydroxyl groups excluding tert-OH is 2. The van der Waals surface area contributed by atoms with Gasteiger partial charge in [0.05, 0.1) is 12.5 Å². The minimum absolute atomic E-state index is 0. The number of phosphoric acid groups is 1. The number of primary amides is 1. The van der Waals surface area contributed by atoms with Crippen LogP contribution in [0.3, 0.4) is 0 Å². The van der Waals surface area contributed by atoms with E-state index in [4.69, 9.17) is 26.8 Å². The van der Waals surface area contributed by atoms with Gasteiger partial charge in [-0.25, -0.2) is 4.57 Å². The van der Waals surface area contributed by atoms with Crippen LogP contribution in [0.4, 0.5) is 0 Å². The number of nitrogens with two attached hydrogens (primary N) is 1. The Morgan fingerprint density at radius 2 is 2.05 bits per heavy atom. The summed E-state index contributed by atoms with van der Waals surface area (Å²) in [6.45, 7) is 4.63. The van der Waals surface area contributed by atoms with Gasteiger partial charge < -0.3 is 52.8 Å². The van der Waals surface area contributed by atoms with Crippen LogP contribution in [0.1, 0.15) is 0 Å². The average molecular weight is 411 g/mol. The molecule has 0 aliphatic carbocycles. The first-order valence-corrected chi connectivity index (χ1v) is 7.12. The number of carbonyl (C=O) groups is 1. The average Bonchev–Trinajstić information content (AvgIpc) is 2.64. The first-order chi connectivity index (χ1) is 9.65. The Hall–Kier alpha value is -0.156. The van der Waals surface area contributed by atoms with Gasteiger partial charge in [0.1, 0.15) is 18.3 Å². The molecule has 12 heteroatoms. The predicted octanol–water partition coefficient (Wildman–Crippen LogP) is -2.41. The Morgan fingerprint density at radius 3 is 2.50 bits per heavy atom. The zero-order chi connectivity index (χ0) is 16.2. The number of aliphatic hydroxyl groups is 2. The summed E-state index contributed by atoms with van der Waals surface area (Å²) in [6.07, 6.45) is -1.36. The molecule has 6 N–H and O–H groups in total. The molecule has 1 aliphatic heterocycles. The Kier molecular flexibility index (Phi) is 9.15. The zero-order valence-corrected chi connectivity index (χ0v) is 15.0. The van der Waals surface area contributed by atoms with E-state index in [-0.39, 0.29) is 32.7 Å². The smallest absolute Gasteiger partial charge is 0.469 e. The van der Waals surface area contributed by atoms with Crippen molar-refractivity contribution in [1.29, 1.82) is 0 Å². The molecule has 1 radical (unpaired) electrons. The van der Waals surface area contributed by atoms with Crippen molar-refractivity contribution in [3.8, 4) is 0 Å². The monoisotopic (exact) mass is 411 g/mol. The molecule has 0 aromatic heterocycles. The Labute approximate surface area is 151 Å². The van der Waals surface area contributed by atoms with Crippen molar-refractivity contribution in [2.24, 2.45) is 5.73 Å². The Balaban J connectivity index is 0.00000441. The summed E-state index contributed by atoms with van der Waals surface area (Å²) in [5, 5.41) is 19.5. The normalized spacial score (nSPS) is 28.4. The molecule has 1 aliphatic rings. The number of rotatable bonds is 7. The molecule has 1 amide bonds. The molecule has 0 saturated carbocycles. The first-order valence-electron chi connectivity index (χ1n) is 5.59. The van der Waals surface area contributed by atoms with Gasteiger partial charge >= 0.3 is 7.82 Å². The summed E-state index contributed by atoms with van der Waals surface area (Å²) in [6, 6.07) is 0. The second-order valence-electron chi connectivity index (χ2n) is 4.07. The summed E-state index contributed by atoms with van der Waals surface area (Å²) in [4.78, 5) is 28.8. The number of ether oxygens (including phenoxy) is 1. The standard InChI is InChI=1S/C10H15N2O8P.Y/c1-2-12(4-3-7(11)13)10-9(15)8(14)6(20-10)5-19-21(16,17)18;/h1-2,4,6,8-10,14-15H,5H2,(H2,11,13)(H2,16,17,18);/q-2;/t6-,8-,9-,10?;/m1./s1. The number of carbonyl (C=O) groups excluding carboxylic acids is 1. The maximum Gasteiger partial charge on any atom is 0.469 e. The van der Waals surface area contributed by atoms with Gasteiger partial charge in [-0.2, -0.15) is 12.4 Å². The van der Waals surface area contributed by atoms with Gasteiger partial charge in [-0.15, -0.1) is 0 Å². The molecule has 1 fully saturated rings. The largest absolute Gasteiger partial charge is 0.496 e. The third-order valence-corrected chi connectivity index (χ3v) is 3.05. The van der Waals surface area contributed by atoms with Crippen molar-refractivity contribution >= 4 is 13.7 Å². The van der Waals surface area contributed by atoms with E-state index in [0.717, 1.165) is 17.3 Å². The first kappa shape index (κ1) is 21.8. The summed E-state index contributed by atoms with van der Waals surface area (Å²) < 4.78 is 20.0. The third kappa shape index (κ3) is 6.53. The van der Waals surface area contributed by atoms with E-state index in [2.05, 4.69) is 10.6 Å². The molecule has 1 unspecified atom stereocenters. The summed E-state index contributed by atoms with van der Waals surface area (Å²) in [5.41, 5.74) is 4.86. The molecule has 0 aromatic carbocycles. The van der Waals surface area contributed by atoms with Crippen molar-refractivity contribution in [2.75, 3.05) is 6.61 Å². The third-order valence-electron chi connectivity index (χ3n) is 2.57. The SMILES string of the molecule is [CH-]=CN(C=[C-]C(N)=O)C1O[C@H](COP(=O)(O)O)[C@@H](O)[C@H]1O.[Y]. The molecule has 0 spiro atoms. The summed E-state index contributed by atoms with van der Waals surface area (Å²) in [5.74, 6) is -0.892. The van der Waals surface area contributed by atoms with Gasteiger partial charge in [0, 0.05) is 32.7 Å². The molecule has 10 nitrogen and oxygen atoms in total. The molecular weight excluding hydrogens is 396 g/mol. The number of phosphoric ester groups is 1. The Morgan fingerprint density at radius 1 is 1.45 bits per heavy atom. The molecular formula is C10H15N2O8PY-2. The second-order valence-corrected chi connectivity index (χ2v) is 5.31. The predicted molar refractivity (Wildman–Crippen MR) is 66.4 cm³/mol. The van der Waals surface area contributed by atoms with E-state index in [0.29, 0.717) is 0 Å². The van der Waals surface area contributed by atoms with Crippen LogP contribution in [-0.2, 0) is 51.3 Å². The molecule has 123 valence electrons. The van der Waals surface area contributed by atoms with Gasteiger partial charge in [-0.05, 0) is 0 Å². The summed E-state index contributed by atoms with van der Waals surface area (Å²) in [7, 11) is -4.74. The van der Waals surface area contributed by atoms with Crippen LogP contribution in [0.25, 0.3) is 0 Å². The van der Waals surface area contributed by atoms with Crippen LogP contribution in [0.2, 0.25) is 0 Å². The van der Waals surface area contributed by atoms with Crippen LogP contribution in [-0.4, -0.2) is 62.0 Å². The molecule has 22 heavy (non-hydrogen) atoms. The fourth-order valence-corrected chi connectivity index (χ4v) is 1.96. The van der Waals surface area contributed by atoms with Crippen LogP contribution >= 0.6 is 7.82 Å². The van der Waals surface area contributed by atoms with E-state index in [1.54, 1.807) is 0 Å². The molecule has 1 rings (SSSR count). The molecule has 0 aromatic rings. The maximum atomic E-state index is 10.6. The zero-order valence-electron chi connectivity index (χ0n) is 11.2. The Bertz CT molecular complexity index is 470.